The van der Waals surface area contributed by atoms with Gasteiger partial charge < -0.3 is 9.15 Å². The second kappa shape index (κ2) is 9.69. The first kappa shape index (κ1) is 23.9. The molecule has 5 rings (SSSR count). The van der Waals surface area contributed by atoms with Crippen molar-refractivity contribution in [2.24, 2.45) is 0 Å². The van der Waals surface area contributed by atoms with Crippen LogP contribution in [-0.2, 0) is 4.74 Å². The second-order valence-corrected chi connectivity index (χ2v) is 8.64. The quantitative estimate of drug-likeness (QED) is 0.145. The van der Waals surface area contributed by atoms with Gasteiger partial charge >= 0.3 is 5.97 Å². The van der Waals surface area contributed by atoms with Gasteiger partial charge in [0, 0.05) is 17.8 Å². The topological polar surface area (TPSA) is 120 Å². The van der Waals surface area contributed by atoms with Crippen LogP contribution in [0.15, 0.2) is 82.0 Å². The van der Waals surface area contributed by atoms with Crippen LogP contribution < -0.4 is 10.3 Å². The van der Waals surface area contributed by atoms with Gasteiger partial charge in [-0.15, -0.1) is 0 Å². The molecule has 0 bridgehead atoms. The van der Waals surface area contributed by atoms with Gasteiger partial charge in [-0.2, -0.15) is 0 Å². The maximum absolute atomic E-state index is 13.7. The molecule has 1 amide bonds. The van der Waals surface area contributed by atoms with Gasteiger partial charge in [0.15, 0.2) is 5.43 Å². The van der Waals surface area contributed by atoms with Crippen LogP contribution in [0.3, 0.4) is 0 Å². The summed E-state index contributed by atoms with van der Waals surface area (Å²) in [6.45, 7) is 2.31. The molecule has 0 saturated heterocycles. The highest BCUT2D eigenvalue weighted by Crippen LogP contribution is 2.41. The minimum atomic E-state index is -0.967. The molecular formula is C28H22N2O7. The monoisotopic (exact) mass is 498 g/mol. The maximum Gasteiger partial charge on any atom is 0.338 e. The number of benzene rings is 3. The smallest absolute Gasteiger partial charge is 0.338 e. The van der Waals surface area contributed by atoms with E-state index < -0.39 is 22.8 Å². The largest absolute Gasteiger partial charge is 0.462 e. The van der Waals surface area contributed by atoms with E-state index in [1.807, 2.05) is 6.92 Å². The summed E-state index contributed by atoms with van der Waals surface area (Å²) >= 11 is 0. The van der Waals surface area contributed by atoms with Crippen molar-refractivity contribution >= 4 is 34.2 Å². The van der Waals surface area contributed by atoms with Gasteiger partial charge in [-0.25, -0.2) is 4.79 Å². The number of esters is 1. The SMILES string of the molecule is CCCCOC(=O)c1ccc(N2C(=O)c3oc4ccccc4c(=O)c3C2c2cccc([N+](=O)[O-])c2)cc1. The van der Waals surface area contributed by atoms with Gasteiger partial charge in [0.25, 0.3) is 11.6 Å². The highest BCUT2D eigenvalue weighted by Gasteiger charge is 2.44. The number of nitrogens with zero attached hydrogens (tertiary/aromatic N) is 2. The second-order valence-electron chi connectivity index (χ2n) is 8.64. The van der Waals surface area contributed by atoms with Crippen LogP contribution in [0.2, 0.25) is 0 Å². The molecule has 0 radical (unpaired) electrons. The Morgan fingerprint density at radius 3 is 2.54 bits per heavy atom. The summed E-state index contributed by atoms with van der Waals surface area (Å²) in [5.74, 6) is -1.16. The summed E-state index contributed by atoms with van der Waals surface area (Å²) in [6, 6.07) is 17.7. The summed E-state index contributed by atoms with van der Waals surface area (Å²) in [6.07, 6.45) is 1.65. The van der Waals surface area contributed by atoms with Gasteiger partial charge in [-0.05, 0) is 48.4 Å². The Balaban J connectivity index is 1.63. The zero-order valence-electron chi connectivity index (χ0n) is 19.9. The minimum absolute atomic E-state index is 0.104. The van der Waals surface area contributed by atoms with Crippen LogP contribution in [0.1, 0.15) is 57.8 Å². The van der Waals surface area contributed by atoms with Crippen molar-refractivity contribution in [2.75, 3.05) is 11.5 Å². The molecule has 37 heavy (non-hydrogen) atoms. The number of fused-ring (bicyclic) bond motifs is 2. The summed E-state index contributed by atoms with van der Waals surface area (Å²) in [4.78, 5) is 51.9. The molecule has 1 unspecified atom stereocenters. The van der Waals surface area contributed by atoms with Gasteiger partial charge in [0.2, 0.25) is 5.76 Å². The van der Waals surface area contributed by atoms with Crippen LogP contribution in [0, 0.1) is 10.1 Å². The third-order valence-electron chi connectivity index (χ3n) is 6.29. The molecule has 1 aliphatic rings. The third-order valence-corrected chi connectivity index (χ3v) is 6.29. The van der Waals surface area contributed by atoms with Crippen LogP contribution in [0.25, 0.3) is 11.0 Å². The van der Waals surface area contributed by atoms with E-state index in [2.05, 4.69) is 0 Å². The van der Waals surface area contributed by atoms with Crippen LogP contribution in [-0.4, -0.2) is 23.4 Å². The molecule has 3 aromatic carbocycles. The Labute approximate surface area is 211 Å². The first-order valence-electron chi connectivity index (χ1n) is 11.8. The van der Waals surface area contributed by atoms with Crippen LogP contribution >= 0.6 is 0 Å². The number of nitro groups is 1. The number of ether oxygens (including phenoxy) is 1. The molecule has 1 aliphatic heterocycles. The fourth-order valence-corrected chi connectivity index (χ4v) is 4.46. The Kier molecular flexibility index (Phi) is 6.27. The molecule has 2 heterocycles. The number of amides is 1. The number of rotatable bonds is 7. The van der Waals surface area contributed by atoms with Gasteiger partial charge in [-0.1, -0.05) is 37.6 Å². The summed E-state index contributed by atoms with van der Waals surface area (Å²) < 4.78 is 11.1. The summed E-state index contributed by atoms with van der Waals surface area (Å²) in [5.41, 5.74) is 0.898. The van der Waals surface area contributed by atoms with E-state index in [0.717, 1.165) is 12.8 Å². The van der Waals surface area contributed by atoms with E-state index >= 15 is 0 Å². The van der Waals surface area contributed by atoms with Crippen molar-refractivity contribution in [3.63, 3.8) is 0 Å². The number of hydrogen-bond acceptors (Lipinski definition) is 7. The average molecular weight is 498 g/mol. The fraction of sp³-hybridized carbons (Fsp3) is 0.179. The molecule has 1 atom stereocenters. The lowest BCUT2D eigenvalue weighted by Crippen LogP contribution is -2.29. The lowest BCUT2D eigenvalue weighted by atomic mass is 9.97. The molecule has 9 nitrogen and oxygen atoms in total. The number of non-ortho nitro benzene ring substituents is 1. The number of hydrogen-bond donors (Lipinski definition) is 0. The Hall–Kier alpha value is -4.79. The predicted molar refractivity (Wildman–Crippen MR) is 136 cm³/mol. The van der Waals surface area contributed by atoms with Crippen molar-refractivity contribution in [1.29, 1.82) is 0 Å². The van der Waals surface area contributed by atoms with E-state index in [0.29, 0.717) is 28.8 Å². The Morgan fingerprint density at radius 1 is 1.05 bits per heavy atom. The van der Waals surface area contributed by atoms with Crippen molar-refractivity contribution in [1.82, 2.24) is 0 Å². The van der Waals surface area contributed by atoms with E-state index in [9.17, 15) is 24.5 Å². The van der Waals surface area contributed by atoms with Gasteiger partial charge in [0.1, 0.15) is 5.58 Å². The number of para-hydroxylation sites is 1. The molecule has 0 saturated carbocycles. The number of carbonyl (C=O) groups is 2. The average Bonchev–Trinajstić information content (AvgIpc) is 3.21. The van der Waals surface area contributed by atoms with E-state index in [-0.39, 0.29) is 28.0 Å². The molecule has 186 valence electrons. The highest BCUT2D eigenvalue weighted by molar-refractivity contribution is 6.10. The normalized spacial score (nSPS) is 14.6. The first-order chi connectivity index (χ1) is 17.9. The third kappa shape index (κ3) is 4.24. The molecule has 0 aliphatic carbocycles. The number of nitro benzene ring substituents is 1. The first-order valence-corrected chi connectivity index (χ1v) is 11.8. The molecule has 4 aromatic rings. The summed E-state index contributed by atoms with van der Waals surface area (Å²) in [5, 5.41) is 11.8. The number of unbranched alkanes of at least 4 members (excludes halogenated alkanes) is 1. The Morgan fingerprint density at radius 2 is 1.81 bits per heavy atom. The maximum atomic E-state index is 13.7. The van der Waals surface area contributed by atoms with Gasteiger partial charge in [-0.3, -0.25) is 24.6 Å². The number of anilines is 1. The predicted octanol–water partition coefficient (Wildman–Crippen LogP) is 5.41. The van der Waals surface area contributed by atoms with E-state index in [4.69, 9.17) is 9.15 Å². The molecule has 0 fully saturated rings. The molecule has 9 heteroatoms. The van der Waals surface area contributed by atoms with E-state index in [1.165, 1.54) is 35.2 Å². The highest BCUT2D eigenvalue weighted by atomic mass is 16.6. The lowest BCUT2D eigenvalue weighted by Gasteiger charge is -2.25. The molecule has 0 spiro atoms. The van der Waals surface area contributed by atoms with Crippen molar-refractivity contribution in [3.8, 4) is 0 Å². The van der Waals surface area contributed by atoms with Crippen LogP contribution in [0.5, 0.6) is 0 Å². The minimum Gasteiger partial charge on any atom is -0.462 e. The number of carbonyl (C=O) groups excluding carboxylic acids is 2. The molecule has 0 N–H and O–H groups in total. The summed E-state index contributed by atoms with van der Waals surface area (Å²) in [7, 11) is 0. The Bertz CT molecular complexity index is 1590. The van der Waals surface area contributed by atoms with Crippen molar-refractivity contribution < 1.29 is 23.7 Å². The van der Waals surface area contributed by atoms with Crippen molar-refractivity contribution in [3.05, 3.63) is 116 Å². The van der Waals surface area contributed by atoms with Gasteiger partial charge in [0.05, 0.1) is 34.1 Å². The lowest BCUT2D eigenvalue weighted by molar-refractivity contribution is -0.384. The van der Waals surface area contributed by atoms with Crippen LogP contribution in [0.4, 0.5) is 11.4 Å². The fourth-order valence-electron chi connectivity index (χ4n) is 4.46. The van der Waals surface area contributed by atoms with Crippen molar-refractivity contribution in [2.45, 2.75) is 25.8 Å². The zero-order chi connectivity index (χ0) is 26.1. The zero-order valence-corrected chi connectivity index (χ0v) is 19.9. The molecular weight excluding hydrogens is 476 g/mol. The van der Waals surface area contributed by atoms with E-state index in [1.54, 1.807) is 42.5 Å². The molecule has 1 aromatic heterocycles. The standard InChI is InChI=1S/C28H22N2O7/c1-2-3-15-36-28(33)17-11-13-19(14-12-17)29-24(18-7-6-8-20(16-18)30(34)35)23-25(31)21-9-4-5-10-22(21)37-26(23)27(29)32/h4-14,16,24H,2-3,15H2,1H3.